The number of hydrogen-bond donors (Lipinski definition) is 1. The molecule has 0 atom stereocenters. The molecule has 0 aliphatic rings. The van der Waals surface area contributed by atoms with Crippen LogP contribution in [0.5, 0.6) is 5.75 Å². The van der Waals surface area contributed by atoms with Crippen molar-refractivity contribution in [3.63, 3.8) is 0 Å². The maximum atomic E-state index is 5.89. The van der Waals surface area contributed by atoms with Gasteiger partial charge in [-0.25, -0.2) is 0 Å². The van der Waals surface area contributed by atoms with Crippen molar-refractivity contribution >= 4 is 23.5 Å². The number of nitrogens with zero attached hydrogens (tertiary/aromatic N) is 1. The molecular formula is C11H17ClN2O. The monoisotopic (exact) mass is 228 g/mol. The van der Waals surface area contributed by atoms with Crippen molar-refractivity contribution in [3.05, 3.63) is 23.2 Å². The Labute approximate surface area is 96.1 Å². The Bertz CT molecular complexity index is 313. The molecule has 0 fully saturated rings. The molecule has 0 saturated heterocycles. The Kier molecular flexibility index (Phi) is 7.46. The van der Waals surface area contributed by atoms with Crippen LogP contribution in [0.1, 0.15) is 20.8 Å². The van der Waals surface area contributed by atoms with Crippen molar-refractivity contribution in [2.24, 2.45) is 5.10 Å². The second-order valence-electron chi connectivity index (χ2n) is 2.35. The fourth-order valence-corrected chi connectivity index (χ4v) is 1.13. The number of hydrogen-bond acceptors (Lipinski definition) is 3. The molecular weight excluding hydrogens is 212 g/mol. The molecule has 1 N–H and O–H groups in total. The lowest BCUT2D eigenvalue weighted by Gasteiger charge is -2.04. The van der Waals surface area contributed by atoms with Gasteiger partial charge in [0, 0.05) is 6.21 Å². The quantitative estimate of drug-likeness (QED) is 0.631. The van der Waals surface area contributed by atoms with E-state index in [2.05, 4.69) is 10.5 Å². The number of anilines is 1. The molecule has 0 spiro atoms. The van der Waals surface area contributed by atoms with Crippen LogP contribution in [0.15, 0.2) is 23.3 Å². The maximum absolute atomic E-state index is 5.89. The highest BCUT2D eigenvalue weighted by atomic mass is 35.5. The average molecular weight is 229 g/mol. The lowest BCUT2D eigenvalue weighted by molar-refractivity contribution is 0.415. The van der Waals surface area contributed by atoms with Crippen LogP contribution in [0.25, 0.3) is 0 Å². The lowest BCUT2D eigenvalue weighted by atomic mass is 10.3. The standard InChI is InChI=1S/C9H11ClN2O.C2H6/c1-3-11-12-7-4-5-9(13-2)8(10)6-7;1-2/h3-6,12H,1-2H3;1-2H3/b11-3+;. The van der Waals surface area contributed by atoms with Gasteiger partial charge < -0.3 is 4.74 Å². The SMILES string of the molecule is C/C=N/Nc1ccc(OC)c(Cl)c1.CC. The van der Waals surface area contributed by atoms with Gasteiger partial charge in [0.25, 0.3) is 0 Å². The van der Waals surface area contributed by atoms with E-state index < -0.39 is 0 Å². The minimum absolute atomic E-state index is 0.568. The summed E-state index contributed by atoms with van der Waals surface area (Å²) in [5, 5.41) is 4.43. The largest absolute Gasteiger partial charge is 0.495 e. The van der Waals surface area contributed by atoms with Crippen molar-refractivity contribution in [2.75, 3.05) is 12.5 Å². The fourth-order valence-electron chi connectivity index (χ4n) is 0.875. The molecule has 0 aliphatic heterocycles. The van der Waals surface area contributed by atoms with Gasteiger partial charge in [-0.1, -0.05) is 25.4 Å². The Morgan fingerprint density at radius 2 is 2.07 bits per heavy atom. The molecule has 1 rings (SSSR count). The van der Waals surface area contributed by atoms with Gasteiger partial charge in [-0.2, -0.15) is 5.10 Å². The molecule has 0 saturated carbocycles. The Hall–Kier alpha value is -1.22. The molecule has 0 bridgehead atoms. The van der Waals surface area contributed by atoms with Crippen LogP contribution < -0.4 is 10.2 Å². The predicted molar refractivity (Wildman–Crippen MR) is 67.1 cm³/mol. The zero-order valence-electron chi connectivity index (χ0n) is 9.54. The Morgan fingerprint density at radius 3 is 2.53 bits per heavy atom. The van der Waals surface area contributed by atoms with E-state index in [0.29, 0.717) is 10.8 Å². The summed E-state index contributed by atoms with van der Waals surface area (Å²) in [6.07, 6.45) is 1.66. The summed E-state index contributed by atoms with van der Waals surface area (Å²) in [5.74, 6) is 0.660. The number of ether oxygens (including phenoxy) is 1. The predicted octanol–water partition coefficient (Wildman–Crippen LogP) is 3.79. The van der Waals surface area contributed by atoms with Crippen molar-refractivity contribution in [1.82, 2.24) is 0 Å². The first-order chi connectivity index (χ1) is 7.27. The van der Waals surface area contributed by atoms with Crippen LogP contribution in [0.4, 0.5) is 5.69 Å². The minimum Gasteiger partial charge on any atom is -0.495 e. The van der Waals surface area contributed by atoms with E-state index >= 15 is 0 Å². The number of nitrogens with one attached hydrogen (secondary N) is 1. The van der Waals surface area contributed by atoms with E-state index in [9.17, 15) is 0 Å². The molecule has 0 radical (unpaired) electrons. The molecule has 0 unspecified atom stereocenters. The third-order valence-corrected chi connectivity index (χ3v) is 1.77. The highest BCUT2D eigenvalue weighted by Crippen LogP contribution is 2.26. The lowest BCUT2D eigenvalue weighted by Crippen LogP contribution is -1.89. The third kappa shape index (κ3) is 4.70. The van der Waals surface area contributed by atoms with E-state index in [1.807, 2.05) is 26.8 Å². The fraction of sp³-hybridized carbons (Fsp3) is 0.364. The molecule has 15 heavy (non-hydrogen) atoms. The smallest absolute Gasteiger partial charge is 0.137 e. The zero-order valence-corrected chi connectivity index (χ0v) is 10.3. The number of hydrazone groups is 1. The summed E-state index contributed by atoms with van der Waals surface area (Å²) in [6, 6.07) is 5.39. The summed E-state index contributed by atoms with van der Waals surface area (Å²) in [5.41, 5.74) is 3.65. The number of methoxy groups -OCH3 is 1. The second kappa shape index (κ2) is 8.12. The van der Waals surface area contributed by atoms with Gasteiger partial charge in [0.1, 0.15) is 5.75 Å². The van der Waals surface area contributed by atoms with Gasteiger partial charge in [0.15, 0.2) is 0 Å². The summed E-state index contributed by atoms with van der Waals surface area (Å²) < 4.78 is 5.01. The van der Waals surface area contributed by atoms with Gasteiger partial charge in [0.2, 0.25) is 0 Å². The Morgan fingerprint density at radius 1 is 1.40 bits per heavy atom. The first-order valence-electron chi connectivity index (χ1n) is 4.85. The molecule has 0 aliphatic carbocycles. The summed E-state index contributed by atoms with van der Waals surface area (Å²) in [7, 11) is 1.58. The van der Waals surface area contributed by atoms with E-state index in [-0.39, 0.29) is 0 Å². The van der Waals surface area contributed by atoms with Crippen LogP contribution in [0.2, 0.25) is 5.02 Å². The highest BCUT2D eigenvalue weighted by Gasteiger charge is 1.99. The summed E-state index contributed by atoms with van der Waals surface area (Å²) >= 11 is 5.89. The molecule has 0 aromatic heterocycles. The molecule has 84 valence electrons. The topological polar surface area (TPSA) is 33.6 Å². The van der Waals surface area contributed by atoms with Gasteiger partial charge in [-0.15, -0.1) is 0 Å². The minimum atomic E-state index is 0.568. The highest BCUT2D eigenvalue weighted by molar-refractivity contribution is 6.32. The van der Waals surface area contributed by atoms with Crippen molar-refractivity contribution < 1.29 is 4.74 Å². The van der Waals surface area contributed by atoms with Gasteiger partial charge in [-0.3, -0.25) is 5.43 Å². The summed E-state index contributed by atoms with van der Waals surface area (Å²) in [6.45, 7) is 5.83. The van der Waals surface area contributed by atoms with Crippen LogP contribution in [-0.4, -0.2) is 13.3 Å². The van der Waals surface area contributed by atoms with E-state index in [1.54, 1.807) is 25.5 Å². The number of benzene rings is 1. The summed E-state index contributed by atoms with van der Waals surface area (Å²) in [4.78, 5) is 0. The normalized spacial score (nSPS) is 9.40. The third-order valence-electron chi connectivity index (χ3n) is 1.47. The second-order valence-corrected chi connectivity index (χ2v) is 2.76. The zero-order chi connectivity index (χ0) is 11.7. The Balaban J connectivity index is 0.000000921. The van der Waals surface area contributed by atoms with Crippen LogP contribution in [0.3, 0.4) is 0 Å². The average Bonchev–Trinajstić information content (AvgIpc) is 2.29. The van der Waals surface area contributed by atoms with Gasteiger partial charge >= 0.3 is 0 Å². The molecule has 0 heterocycles. The van der Waals surface area contributed by atoms with E-state index in [4.69, 9.17) is 16.3 Å². The molecule has 1 aromatic rings. The molecule has 4 heteroatoms. The molecule has 3 nitrogen and oxygen atoms in total. The molecule has 0 amide bonds. The molecule has 1 aromatic carbocycles. The first-order valence-corrected chi connectivity index (χ1v) is 5.23. The van der Waals surface area contributed by atoms with Crippen LogP contribution in [0, 0.1) is 0 Å². The van der Waals surface area contributed by atoms with Crippen molar-refractivity contribution in [2.45, 2.75) is 20.8 Å². The van der Waals surface area contributed by atoms with Crippen LogP contribution >= 0.6 is 11.6 Å². The van der Waals surface area contributed by atoms with Crippen molar-refractivity contribution in [1.29, 1.82) is 0 Å². The first kappa shape index (κ1) is 13.8. The van der Waals surface area contributed by atoms with E-state index in [0.717, 1.165) is 5.69 Å². The van der Waals surface area contributed by atoms with Gasteiger partial charge in [-0.05, 0) is 25.1 Å². The van der Waals surface area contributed by atoms with Crippen LogP contribution in [-0.2, 0) is 0 Å². The number of rotatable bonds is 3. The van der Waals surface area contributed by atoms with Crippen molar-refractivity contribution in [3.8, 4) is 5.75 Å². The van der Waals surface area contributed by atoms with Gasteiger partial charge in [0.05, 0.1) is 17.8 Å². The number of halogens is 1. The maximum Gasteiger partial charge on any atom is 0.137 e. The van der Waals surface area contributed by atoms with E-state index in [1.165, 1.54) is 0 Å².